The Balaban J connectivity index is 0.000000200. The molecular weight excluding hydrogens is 780 g/mol. The van der Waals surface area contributed by atoms with Crippen molar-refractivity contribution in [2.75, 3.05) is 0 Å². The van der Waals surface area contributed by atoms with E-state index < -0.39 is 0 Å². The van der Waals surface area contributed by atoms with Crippen LogP contribution >= 0.6 is 0 Å². The Labute approximate surface area is 301 Å². The van der Waals surface area contributed by atoms with Gasteiger partial charge in [0.1, 0.15) is 11.5 Å². The molecule has 2 aromatic heterocycles. The second kappa shape index (κ2) is 13.7. The minimum absolute atomic E-state index is 0. The summed E-state index contributed by atoms with van der Waals surface area (Å²) in [5.74, 6) is 3.29. The van der Waals surface area contributed by atoms with Crippen molar-refractivity contribution < 1.29 is 29.6 Å². The van der Waals surface area contributed by atoms with Crippen molar-refractivity contribution in [2.24, 2.45) is 0 Å². The summed E-state index contributed by atoms with van der Waals surface area (Å²) in [7, 11) is 0. The van der Waals surface area contributed by atoms with Gasteiger partial charge in [-0.1, -0.05) is 102 Å². The number of pyridine rings is 2. The fourth-order valence-corrected chi connectivity index (χ4v) is 6.32. The first kappa shape index (κ1) is 32.3. The molecule has 49 heavy (non-hydrogen) atoms. The number of nitrogens with zero attached hydrogens (tertiary/aromatic N) is 2. The predicted molar refractivity (Wildman–Crippen MR) is 194 cm³/mol. The first-order valence-corrected chi connectivity index (χ1v) is 16.1. The van der Waals surface area contributed by atoms with Crippen LogP contribution in [0.1, 0.15) is 16.7 Å². The molecule has 5 aromatic carbocycles. The van der Waals surface area contributed by atoms with Gasteiger partial charge >= 0.3 is 0 Å². The average molecular weight is 811 g/mol. The summed E-state index contributed by atoms with van der Waals surface area (Å²) in [6.45, 7) is 6.28. The van der Waals surface area contributed by atoms with Crippen LogP contribution in [0.15, 0.2) is 134 Å². The van der Waals surface area contributed by atoms with E-state index in [-0.39, 0.29) is 26.8 Å². The molecule has 2 aliphatic rings. The monoisotopic (exact) mass is 811 g/mol. The summed E-state index contributed by atoms with van der Waals surface area (Å²) in [5.41, 5.74) is 13.0. The second-order valence-electron chi connectivity index (χ2n) is 12.2. The van der Waals surface area contributed by atoms with Gasteiger partial charge in [0.05, 0.1) is 0 Å². The van der Waals surface area contributed by atoms with Crippen molar-refractivity contribution in [2.45, 2.75) is 20.8 Å². The fraction of sp³-hybridized carbons (Fsp3) is 0.0698. The third-order valence-electron chi connectivity index (χ3n) is 9.01. The molecule has 0 amide bonds. The largest absolute Gasteiger partial charge is 0.503 e. The maximum Gasteiger partial charge on any atom is 0.239 e. The SMILES string of the molecule is Cc1c[c-]c(-c2cc(C)c(C)cn2)cc1.[Ir].[c-]1cc2c3c(c1-c1cc(-c4ccccc4)ccn1)Oc1ccccc1B3c1ccccc1O2. The molecular formula is C43H31BIrN2O2-2. The molecule has 1 radical (unpaired) electrons. The van der Waals surface area contributed by atoms with Crippen LogP contribution < -0.4 is 25.9 Å². The molecule has 7 aromatic rings. The molecule has 0 aliphatic carbocycles. The first-order chi connectivity index (χ1) is 23.5. The summed E-state index contributed by atoms with van der Waals surface area (Å²) in [6.07, 6.45) is 3.76. The first-order valence-electron chi connectivity index (χ1n) is 16.1. The van der Waals surface area contributed by atoms with Crippen LogP contribution in [0.2, 0.25) is 0 Å². The normalized spacial score (nSPS) is 11.7. The zero-order valence-electron chi connectivity index (χ0n) is 27.3. The average Bonchev–Trinajstić information content (AvgIpc) is 3.14. The maximum atomic E-state index is 6.52. The summed E-state index contributed by atoms with van der Waals surface area (Å²) in [6, 6.07) is 47.7. The van der Waals surface area contributed by atoms with Gasteiger partial charge in [-0.05, 0) is 71.1 Å². The van der Waals surface area contributed by atoms with Crippen LogP contribution in [0.3, 0.4) is 0 Å². The number of rotatable bonds is 3. The van der Waals surface area contributed by atoms with E-state index >= 15 is 0 Å². The number of para-hydroxylation sites is 2. The Hall–Kier alpha value is -5.29. The molecule has 239 valence electrons. The van der Waals surface area contributed by atoms with Crippen molar-refractivity contribution in [3.8, 4) is 56.6 Å². The summed E-state index contributed by atoms with van der Waals surface area (Å²) in [4.78, 5) is 9.10. The Morgan fingerprint density at radius 2 is 1.31 bits per heavy atom. The number of aryl methyl sites for hydroxylation is 3. The van der Waals surface area contributed by atoms with Crippen molar-refractivity contribution in [1.29, 1.82) is 0 Å². The molecule has 0 atom stereocenters. The van der Waals surface area contributed by atoms with Crippen molar-refractivity contribution in [3.63, 3.8) is 0 Å². The number of fused-ring (bicyclic) bond motifs is 4. The van der Waals surface area contributed by atoms with E-state index in [4.69, 9.17) is 14.5 Å². The molecule has 2 aliphatic heterocycles. The van der Waals surface area contributed by atoms with Crippen molar-refractivity contribution >= 4 is 23.1 Å². The quantitative estimate of drug-likeness (QED) is 0.133. The van der Waals surface area contributed by atoms with Gasteiger partial charge in [0.15, 0.2) is 0 Å². The van der Waals surface area contributed by atoms with Gasteiger partial charge in [-0.3, -0.25) is 0 Å². The Morgan fingerprint density at radius 3 is 2.02 bits per heavy atom. The molecule has 0 N–H and O–H groups in total. The van der Waals surface area contributed by atoms with Gasteiger partial charge < -0.3 is 19.4 Å². The molecule has 4 nitrogen and oxygen atoms in total. The second-order valence-corrected chi connectivity index (χ2v) is 12.2. The van der Waals surface area contributed by atoms with Crippen LogP contribution in [0.5, 0.6) is 23.0 Å². The number of hydrogen-bond acceptors (Lipinski definition) is 4. The molecule has 0 unspecified atom stereocenters. The number of ether oxygens (including phenoxy) is 2. The zero-order chi connectivity index (χ0) is 32.6. The minimum Gasteiger partial charge on any atom is -0.503 e. The van der Waals surface area contributed by atoms with Crippen LogP contribution in [0.4, 0.5) is 0 Å². The number of hydrogen-bond donors (Lipinski definition) is 0. The third-order valence-corrected chi connectivity index (χ3v) is 9.01. The topological polar surface area (TPSA) is 44.2 Å². The molecule has 0 saturated heterocycles. The van der Waals surface area contributed by atoms with Crippen LogP contribution in [0, 0.1) is 32.9 Å². The minimum atomic E-state index is 0. The summed E-state index contributed by atoms with van der Waals surface area (Å²) < 4.78 is 12.8. The van der Waals surface area contributed by atoms with Gasteiger partial charge in [0.2, 0.25) is 6.71 Å². The van der Waals surface area contributed by atoms with E-state index in [1.54, 1.807) is 0 Å². The summed E-state index contributed by atoms with van der Waals surface area (Å²) in [5, 5.41) is 0. The van der Waals surface area contributed by atoms with E-state index in [1.165, 1.54) is 16.7 Å². The van der Waals surface area contributed by atoms with E-state index in [9.17, 15) is 0 Å². The predicted octanol–water partition coefficient (Wildman–Crippen LogP) is 8.41. The molecule has 4 heterocycles. The Bertz CT molecular complexity index is 2280. The zero-order valence-corrected chi connectivity index (χ0v) is 29.7. The van der Waals surface area contributed by atoms with Gasteiger partial charge in [0.25, 0.3) is 0 Å². The van der Waals surface area contributed by atoms with E-state index in [0.717, 1.165) is 73.0 Å². The van der Waals surface area contributed by atoms with Gasteiger partial charge in [-0.15, -0.1) is 47.5 Å². The third kappa shape index (κ3) is 6.22. The van der Waals surface area contributed by atoms with Crippen LogP contribution in [-0.2, 0) is 20.1 Å². The number of aromatic nitrogens is 2. The van der Waals surface area contributed by atoms with E-state index in [1.807, 2.05) is 73.1 Å². The van der Waals surface area contributed by atoms with Crippen LogP contribution in [0.25, 0.3) is 33.6 Å². The van der Waals surface area contributed by atoms with Gasteiger partial charge in [-0.2, -0.15) is 0 Å². The summed E-state index contributed by atoms with van der Waals surface area (Å²) >= 11 is 0. The van der Waals surface area contributed by atoms with E-state index in [0.29, 0.717) is 0 Å². The fourth-order valence-electron chi connectivity index (χ4n) is 6.32. The van der Waals surface area contributed by atoms with Gasteiger partial charge in [-0.25, -0.2) is 0 Å². The smallest absolute Gasteiger partial charge is 0.239 e. The Kier molecular flexibility index (Phi) is 9.01. The van der Waals surface area contributed by atoms with Crippen LogP contribution in [-0.4, -0.2) is 16.7 Å². The van der Waals surface area contributed by atoms with Crippen molar-refractivity contribution in [3.05, 3.63) is 163 Å². The standard InChI is InChI=1S/C29H17BNO2.C14H14N.Ir/c1-2-8-19(9-3-1)20-16-17-31-24(18-20)21-14-15-27-28-29(21)33-26-13-7-5-11-23(26)30(28)22-10-4-6-12-25(22)32-27;1-10-4-6-13(7-5-10)14-8-11(2)12(3)9-15-14;/h1-13,15-18H;4-6,8-9H,1-3H3;/q2*-1;. The van der Waals surface area contributed by atoms with E-state index in [2.05, 4.69) is 98.6 Å². The molecule has 0 saturated carbocycles. The van der Waals surface area contributed by atoms with Crippen molar-refractivity contribution in [1.82, 2.24) is 9.97 Å². The molecule has 0 spiro atoms. The molecule has 0 fully saturated rings. The number of benzene rings is 5. The molecule has 9 rings (SSSR count). The van der Waals surface area contributed by atoms with Gasteiger partial charge in [0, 0.05) is 44.0 Å². The Morgan fingerprint density at radius 1 is 0.592 bits per heavy atom. The maximum absolute atomic E-state index is 6.52. The molecule has 0 bridgehead atoms. The molecule has 6 heteroatoms.